The van der Waals surface area contributed by atoms with Crippen molar-refractivity contribution >= 4 is 17.8 Å². The van der Waals surface area contributed by atoms with E-state index in [1.165, 1.54) is 17.0 Å². The lowest BCUT2D eigenvalue weighted by Gasteiger charge is -2.32. The third kappa shape index (κ3) is 4.61. The predicted molar refractivity (Wildman–Crippen MR) is 132 cm³/mol. The van der Waals surface area contributed by atoms with Crippen molar-refractivity contribution < 1.29 is 29.7 Å². The van der Waals surface area contributed by atoms with Crippen molar-refractivity contribution in [2.45, 2.75) is 56.1 Å². The summed E-state index contributed by atoms with van der Waals surface area (Å²) in [7, 11) is 0. The molecular weight excluding hydrogens is 464 g/mol. The second-order valence-corrected chi connectivity index (χ2v) is 9.55. The van der Waals surface area contributed by atoms with Crippen LogP contribution in [0.2, 0.25) is 0 Å². The van der Waals surface area contributed by atoms with Crippen LogP contribution in [0.1, 0.15) is 43.2 Å². The Morgan fingerprint density at radius 2 is 1.81 bits per heavy atom. The number of hydrogen-bond donors (Lipinski definition) is 6. The molecule has 10 heteroatoms. The molecule has 2 aromatic rings. The van der Waals surface area contributed by atoms with Gasteiger partial charge in [0.1, 0.15) is 29.1 Å². The molecule has 10 nitrogen and oxygen atoms in total. The maximum atomic E-state index is 13.6. The molecule has 1 aliphatic carbocycles. The number of carbonyl (C=O) groups is 3. The SMILES string of the molecule is CCN1C(=O)[C@H](CCCN)NC(=O)C2(N)CC2c2cc(ccc2O)-c2ccc(O)c(c2)CC1C(=O)O. The van der Waals surface area contributed by atoms with Gasteiger partial charge in [0, 0.05) is 24.4 Å². The van der Waals surface area contributed by atoms with Crippen molar-refractivity contribution in [3.8, 4) is 22.6 Å². The number of hydrogen-bond acceptors (Lipinski definition) is 7. The van der Waals surface area contributed by atoms with Gasteiger partial charge in [-0.05, 0) is 73.7 Å². The summed E-state index contributed by atoms with van der Waals surface area (Å²) in [5, 5.41) is 33.9. The number of aliphatic carboxylic acids is 1. The van der Waals surface area contributed by atoms with Crippen molar-refractivity contribution in [1.82, 2.24) is 10.2 Å². The number of aromatic hydroxyl groups is 2. The lowest BCUT2D eigenvalue weighted by molar-refractivity contribution is -0.151. The van der Waals surface area contributed by atoms with Gasteiger partial charge < -0.3 is 37.0 Å². The lowest BCUT2D eigenvalue weighted by Crippen LogP contribution is -2.57. The van der Waals surface area contributed by atoms with Crippen molar-refractivity contribution in [3.05, 3.63) is 47.5 Å². The third-order valence-corrected chi connectivity index (χ3v) is 7.24. The van der Waals surface area contributed by atoms with Crippen LogP contribution in [0.15, 0.2) is 36.4 Å². The summed E-state index contributed by atoms with van der Waals surface area (Å²) in [6.07, 6.45) is 0.787. The Hall–Kier alpha value is -3.63. The number of carboxylic acids is 1. The zero-order chi connectivity index (χ0) is 26.2. The molecule has 1 saturated carbocycles. The monoisotopic (exact) mass is 496 g/mol. The van der Waals surface area contributed by atoms with E-state index in [1.807, 2.05) is 0 Å². The van der Waals surface area contributed by atoms with Crippen LogP contribution in [0.3, 0.4) is 0 Å². The molecule has 0 saturated heterocycles. The lowest BCUT2D eigenvalue weighted by atomic mass is 9.95. The number of fused-ring (bicyclic) bond motifs is 7. The summed E-state index contributed by atoms with van der Waals surface area (Å²) < 4.78 is 0. The Morgan fingerprint density at radius 3 is 2.44 bits per heavy atom. The predicted octanol–water partition coefficient (Wildman–Crippen LogP) is 1.03. The van der Waals surface area contributed by atoms with E-state index >= 15 is 0 Å². The van der Waals surface area contributed by atoms with Crippen molar-refractivity contribution in [2.75, 3.05) is 13.1 Å². The number of carboxylic acid groups (broad SMARTS) is 1. The second kappa shape index (κ2) is 9.79. The average molecular weight is 497 g/mol. The van der Waals surface area contributed by atoms with Gasteiger partial charge in [0.25, 0.3) is 0 Å². The molecule has 1 aliphatic heterocycles. The molecule has 0 spiro atoms. The van der Waals surface area contributed by atoms with Crippen LogP contribution >= 0.6 is 0 Å². The molecule has 4 rings (SSSR count). The highest BCUT2D eigenvalue weighted by atomic mass is 16.4. The molecule has 2 amide bonds. The molecular formula is C26H32N4O6. The van der Waals surface area contributed by atoms with Gasteiger partial charge in [-0.2, -0.15) is 0 Å². The molecule has 2 aliphatic rings. The molecule has 192 valence electrons. The first-order chi connectivity index (χ1) is 17.1. The molecule has 1 heterocycles. The minimum Gasteiger partial charge on any atom is -0.508 e. The molecule has 0 aromatic heterocycles. The Morgan fingerprint density at radius 1 is 1.14 bits per heavy atom. The zero-order valence-corrected chi connectivity index (χ0v) is 20.1. The zero-order valence-electron chi connectivity index (χ0n) is 20.1. The quantitative estimate of drug-likeness (QED) is 0.355. The number of phenolic OH excluding ortho intramolecular Hbond substituents is 2. The summed E-state index contributed by atoms with van der Waals surface area (Å²) in [6.45, 7) is 2.03. The highest BCUT2D eigenvalue weighted by molar-refractivity contribution is 5.96. The van der Waals surface area contributed by atoms with Crippen molar-refractivity contribution in [3.63, 3.8) is 0 Å². The van der Waals surface area contributed by atoms with Crippen LogP contribution in [-0.2, 0) is 20.8 Å². The van der Waals surface area contributed by atoms with Crippen LogP contribution in [0.5, 0.6) is 11.5 Å². The molecule has 3 unspecified atom stereocenters. The standard InChI is InChI=1S/C26H32N4O6/c1-2-30-20(24(34)35)12-16-10-14(5-7-21(16)31)15-6-8-22(32)17(11-15)18-13-26(18,28)25(36)29-19(23(30)33)4-3-9-27/h5-8,10-11,18-20,31-32H,2-4,9,12-13,27-28H2,1H3,(H,29,36)(H,34,35)/t18?,19-,20?,26?/m0/s1. The summed E-state index contributed by atoms with van der Waals surface area (Å²) in [5.74, 6) is -2.87. The Labute approximate surface area is 208 Å². The van der Waals surface area contributed by atoms with Crippen LogP contribution < -0.4 is 16.8 Å². The normalized spacial score (nSPS) is 25.9. The topological polar surface area (TPSA) is 179 Å². The Kier molecular flexibility index (Phi) is 6.92. The molecule has 4 bridgehead atoms. The Balaban J connectivity index is 1.86. The van der Waals surface area contributed by atoms with Gasteiger partial charge >= 0.3 is 5.97 Å². The summed E-state index contributed by atoms with van der Waals surface area (Å²) in [5.41, 5.74) is 13.0. The Bertz CT molecular complexity index is 1200. The van der Waals surface area contributed by atoms with Gasteiger partial charge in [0.15, 0.2) is 0 Å². The molecule has 1 fully saturated rings. The first kappa shape index (κ1) is 25.5. The minimum atomic E-state index is -1.32. The number of phenols is 2. The first-order valence-electron chi connectivity index (χ1n) is 12.1. The van der Waals surface area contributed by atoms with E-state index in [4.69, 9.17) is 11.5 Å². The van der Waals surface area contributed by atoms with Gasteiger partial charge in [-0.15, -0.1) is 0 Å². The maximum absolute atomic E-state index is 13.6. The van der Waals surface area contributed by atoms with E-state index in [0.717, 1.165) is 0 Å². The first-order valence-corrected chi connectivity index (χ1v) is 12.1. The molecule has 8 N–H and O–H groups in total. The van der Waals surface area contributed by atoms with E-state index in [1.54, 1.807) is 31.2 Å². The summed E-state index contributed by atoms with van der Waals surface area (Å²) in [6, 6.07) is 7.52. The fraction of sp³-hybridized carbons (Fsp3) is 0.423. The smallest absolute Gasteiger partial charge is 0.326 e. The number of nitrogens with zero attached hydrogens (tertiary/aromatic N) is 1. The van der Waals surface area contributed by atoms with Gasteiger partial charge in [0.2, 0.25) is 11.8 Å². The van der Waals surface area contributed by atoms with Gasteiger partial charge in [-0.25, -0.2) is 4.79 Å². The largest absolute Gasteiger partial charge is 0.508 e. The minimum absolute atomic E-state index is 0.00560. The molecule has 36 heavy (non-hydrogen) atoms. The number of amides is 2. The number of likely N-dealkylation sites (N-methyl/N-ethyl adjacent to an activating group) is 1. The highest BCUT2D eigenvalue weighted by Gasteiger charge is 2.59. The number of nitrogens with two attached hydrogens (primary N) is 2. The van der Waals surface area contributed by atoms with Crippen LogP contribution in [0, 0.1) is 0 Å². The number of rotatable bonds is 5. The van der Waals surface area contributed by atoms with Gasteiger partial charge in [0.05, 0.1) is 0 Å². The fourth-order valence-corrected chi connectivity index (χ4v) is 5.00. The number of nitrogens with one attached hydrogen (secondary N) is 1. The summed E-state index contributed by atoms with van der Waals surface area (Å²) >= 11 is 0. The van der Waals surface area contributed by atoms with E-state index in [2.05, 4.69) is 5.32 Å². The van der Waals surface area contributed by atoms with E-state index in [-0.39, 0.29) is 43.9 Å². The number of benzene rings is 2. The average Bonchev–Trinajstić information content (AvgIpc) is 3.54. The third-order valence-electron chi connectivity index (χ3n) is 7.24. The fourth-order valence-electron chi connectivity index (χ4n) is 5.00. The molecule has 0 radical (unpaired) electrons. The molecule has 4 atom stereocenters. The summed E-state index contributed by atoms with van der Waals surface area (Å²) in [4.78, 5) is 40.4. The van der Waals surface area contributed by atoms with Crippen molar-refractivity contribution in [1.29, 1.82) is 0 Å². The maximum Gasteiger partial charge on any atom is 0.326 e. The van der Waals surface area contributed by atoms with E-state index in [0.29, 0.717) is 28.7 Å². The number of carbonyl (C=O) groups excluding carboxylic acids is 2. The highest BCUT2D eigenvalue weighted by Crippen LogP contribution is 2.53. The second-order valence-electron chi connectivity index (χ2n) is 9.55. The molecule has 2 aromatic carbocycles. The van der Waals surface area contributed by atoms with E-state index in [9.17, 15) is 29.7 Å². The van der Waals surface area contributed by atoms with Crippen LogP contribution in [0.25, 0.3) is 11.1 Å². The van der Waals surface area contributed by atoms with E-state index < -0.39 is 41.3 Å². The van der Waals surface area contributed by atoms with Crippen LogP contribution in [0.4, 0.5) is 0 Å². The van der Waals surface area contributed by atoms with Gasteiger partial charge in [-0.3, -0.25) is 9.59 Å². The van der Waals surface area contributed by atoms with Gasteiger partial charge in [-0.1, -0.05) is 12.1 Å². The van der Waals surface area contributed by atoms with Crippen LogP contribution in [-0.4, -0.2) is 68.7 Å². The van der Waals surface area contributed by atoms with Crippen molar-refractivity contribution in [2.24, 2.45) is 11.5 Å².